The lowest BCUT2D eigenvalue weighted by molar-refractivity contribution is -0.277. The van der Waals surface area contributed by atoms with Crippen molar-refractivity contribution in [3.63, 3.8) is 0 Å². The molecule has 8 N–H and O–H groups in total. The summed E-state index contributed by atoms with van der Waals surface area (Å²) in [6.07, 6.45) is -10.3. The Hall–Kier alpha value is -3.94. The number of benzene rings is 2. The predicted molar refractivity (Wildman–Crippen MR) is 167 cm³/mol. The van der Waals surface area contributed by atoms with Gasteiger partial charge in [-0.05, 0) is 47.5 Å². The zero-order chi connectivity index (χ0) is 35.8. The molecule has 2 aromatic rings. The van der Waals surface area contributed by atoms with Gasteiger partial charge in [0, 0.05) is 0 Å². The van der Waals surface area contributed by atoms with Gasteiger partial charge in [-0.2, -0.15) is 0 Å². The van der Waals surface area contributed by atoms with Crippen molar-refractivity contribution in [3.8, 4) is 23.0 Å². The van der Waals surface area contributed by atoms with Crippen LogP contribution in [0.15, 0.2) is 48.6 Å². The van der Waals surface area contributed by atoms with Gasteiger partial charge >= 0.3 is 0 Å². The second kappa shape index (κ2) is 17.1. The summed E-state index contributed by atoms with van der Waals surface area (Å²) in [5.74, 6) is -0.474. The van der Waals surface area contributed by atoms with Crippen molar-refractivity contribution in [2.75, 3.05) is 27.4 Å². The van der Waals surface area contributed by atoms with E-state index < -0.39 is 92.6 Å². The number of allylic oxidation sites excluding steroid dienone is 2. The van der Waals surface area contributed by atoms with E-state index in [4.69, 9.17) is 28.4 Å². The number of aliphatic hydroxyl groups is 8. The molecule has 0 unspecified atom stereocenters. The van der Waals surface area contributed by atoms with Crippen LogP contribution in [0, 0.1) is 0 Å². The van der Waals surface area contributed by atoms with E-state index >= 15 is 0 Å². The zero-order valence-corrected chi connectivity index (χ0v) is 26.5. The van der Waals surface area contributed by atoms with E-state index in [1.165, 1.54) is 62.8 Å². The van der Waals surface area contributed by atoms with Crippen molar-refractivity contribution in [1.29, 1.82) is 0 Å². The average Bonchev–Trinajstić information content (AvgIpc) is 3.10. The minimum Gasteiger partial charge on any atom is -0.493 e. The normalized spacial score (nSPS) is 30.3. The minimum absolute atomic E-state index is 0.0646. The van der Waals surface area contributed by atoms with Gasteiger partial charge in [0.25, 0.3) is 0 Å². The molecule has 2 aliphatic heterocycles. The van der Waals surface area contributed by atoms with Gasteiger partial charge in [-0.15, -0.1) is 0 Å². The zero-order valence-electron chi connectivity index (χ0n) is 26.5. The van der Waals surface area contributed by atoms with Gasteiger partial charge in [-0.3, -0.25) is 9.59 Å². The fraction of sp³-hybridized carbons (Fsp3) is 0.455. The topological polar surface area (TPSA) is 251 Å². The Bertz CT molecular complexity index is 1380. The molecule has 0 spiro atoms. The fourth-order valence-electron chi connectivity index (χ4n) is 5.03. The quantitative estimate of drug-likeness (QED) is 0.0813. The highest BCUT2D eigenvalue weighted by molar-refractivity contribution is 6.10. The Morgan fingerprint density at radius 3 is 1.35 bits per heavy atom. The molecule has 10 atom stereocenters. The first-order chi connectivity index (χ1) is 23.4. The molecule has 2 aromatic carbocycles. The molecule has 268 valence electrons. The second-order valence-corrected chi connectivity index (χ2v) is 11.2. The molecule has 2 aliphatic rings. The summed E-state index contributed by atoms with van der Waals surface area (Å²) in [5.41, 5.74) is 0.892. The molecule has 0 radical (unpaired) electrons. The molecule has 0 saturated carbocycles. The van der Waals surface area contributed by atoms with Crippen LogP contribution < -0.4 is 18.9 Å². The van der Waals surface area contributed by atoms with E-state index in [9.17, 15) is 50.4 Å². The Balaban J connectivity index is 1.38. The molecule has 2 saturated heterocycles. The molecule has 49 heavy (non-hydrogen) atoms. The Kier molecular flexibility index (Phi) is 13.2. The highest BCUT2D eigenvalue weighted by Gasteiger charge is 2.46. The Labute approximate surface area is 280 Å². The molecule has 16 heteroatoms. The van der Waals surface area contributed by atoms with Crippen LogP contribution in [-0.4, -0.2) is 141 Å². The lowest BCUT2D eigenvalue weighted by atomic mass is 9.99. The van der Waals surface area contributed by atoms with E-state index in [-0.39, 0.29) is 23.0 Å². The van der Waals surface area contributed by atoms with Crippen molar-refractivity contribution in [2.45, 2.75) is 67.8 Å². The van der Waals surface area contributed by atoms with Crippen LogP contribution in [0.1, 0.15) is 17.5 Å². The SMILES string of the molecule is COc1ccc(/C=C/C(=O)CC(=O)/C=C/c2ccc(OC)c(O[C@H]3O[C@H](CO)[C@@H](O)[C@H](O)[C@@H]3O)c2)cc1O[C@H]1O[C@H](CO)[C@@H](O)[C@H](O)[C@@H]1O. The molecule has 2 heterocycles. The van der Waals surface area contributed by atoms with Gasteiger partial charge in [0.2, 0.25) is 12.6 Å². The van der Waals surface area contributed by atoms with Gasteiger partial charge in [0.05, 0.1) is 33.9 Å². The molecule has 0 aliphatic carbocycles. The number of aliphatic hydroxyl groups excluding tert-OH is 8. The first-order valence-corrected chi connectivity index (χ1v) is 15.1. The van der Waals surface area contributed by atoms with Crippen molar-refractivity contribution < 1.29 is 78.9 Å². The highest BCUT2D eigenvalue weighted by atomic mass is 16.7. The maximum Gasteiger partial charge on any atom is 0.229 e. The largest absolute Gasteiger partial charge is 0.493 e. The average molecular weight is 693 g/mol. The third-order valence-corrected chi connectivity index (χ3v) is 7.83. The van der Waals surface area contributed by atoms with Crippen LogP contribution in [0.25, 0.3) is 12.2 Å². The molecule has 0 bridgehead atoms. The summed E-state index contributed by atoms with van der Waals surface area (Å²) in [6.45, 7) is -1.27. The van der Waals surface area contributed by atoms with Crippen molar-refractivity contribution >= 4 is 23.7 Å². The van der Waals surface area contributed by atoms with E-state index in [2.05, 4.69) is 0 Å². The van der Waals surface area contributed by atoms with Crippen molar-refractivity contribution in [2.24, 2.45) is 0 Å². The van der Waals surface area contributed by atoms with Crippen molar-refractivity contribution in [3.05, 3.63) is 59.7 Å². The van der Waals surface area contributed by atoms with Gasteiger partial charge < -0.3 is 69.3 Å². The van der Waals surface area contributed by atoms with E-state index in [1.54, 1.807) is 12.1 Å². The molecule has 2 fully saturated rings. The van der Waals surface area contributed by atoms with Crippen LogP contribution in [0.2, 0.25) is 0 Å². The van der Waals surface area contributed by atoms with E-state index in [0.29, 0.717) is 11.1 Å². The van der Waals surface area contributed by atoms with E-state index in [1.807, 2.05) is 0 Å². The van der Waals surface area contributed by atoms with Crippen LogP contribution >= 0.6 is 0 Å². The summed E-state index contributed by atoms with van der Waals surface area (Å²) in [4.78, 5) is 25.2. The van der Waals surface area contributed by atoms with Crippen LogP contribution in [0.4, 0.5) is 0 Å². The number of rotatable bonds is 14. The van der Waals surface area contributed by atoms with Gasteiger partial charge in [-0.1, -0.05) is 24.3 Å². The highest BCUT2D eigenvalue weighted by Crippen LogP contribution is 2.34. The summed E-state index contributed by atoms with van der Waals surface area (Å²) in [5, 5.41) is 79.6. The van der Waals surface area contributed by atoms with Gasteiger partial charge in [-0.25, -0.2) is 0 Å². The summed E-state index contributed by atoms with van der Waals surface area (Å²) < 4.78 is 32.7. The molecule has 0 amide bonds. The first kappa shape index (κ1) is 37.9. The molecule has 16 nitrogen and oxygen atoms in total. The minimum atomic E-state index is -1.65. The predicted octanol–water partition coefficient (Wildman–Crippen LogP) is -1.68. The van der Waals surface area contributed by atoms with Crippen LogP contribution in [-0.2, 0) is 19.1 Å². The van der Waals surface area contributed by atoms with Gasteiger partial charge in [0.1, 0.15) is 48.8 Å². The number of ether oxygens (including phenoxy) is 6. The fourth-order valence-corrected chi connectivity index (χ4v) is 5.03. The molecular weight excluding hydrogens is 652 g/mol. The standard InChI is InChI=1S/C33H40O16/c1-44-20-9-5-16(11-22(20)46-32-30(42)28(40)26(38)24(14-34)48-32)3-7-18(36)13-19(37)8-4-17-6-10-21(45-2)23(12-17)47-33-31(43)29(41)27(39)25(15-35)49-33/h3-12,24-35,38-43H,13-15H2,1-2H3/b7-3+,8-4+/t24-,25-,26-,27-,28+,29+,30+,31+,32+,33+/m1/s1. The number of hydrogen-bond acceptors (Lipinski definition) is 16. The number of carbonyl (C=O) groups excluding carboxylic acids is 2. The van der Waals surface area contributed by atoms with Crippen LogP contribution in [0.5, 0.6) is 23.0 Å². The van der Waals surface area contributed by atoms with E-state index in [0.717, 1.165) is 0 Å². The number of methoxy groups -OCH3 is 2. The molecular formula is C33H40O16. The maximum atomic E-state index is 12.6. The Morgan fingerprint density at radius 2 is 1.00 bits per heavy atom. The summed E-state index contributed by atoms with van der Waals surface area (Å²) in [6, 6.07) is 9.14. The number of carbonyl (C=O) groups is 2. The lowest BCUT2D eigenvalue weighted by Crippen LogP contribution is -2.60. The monoisotopic (exact) mass is 692 g/mol. The first-order valence-electron chi connectivity index (χ1n) is 15.1. The third kappa shape index (κ3) is 9.20. The van der Waals surface area contributed by atoms with Gasteiger partial charge in [0.15, 0.2) is 34.6 Å². The molecule has 4 rings (SSSR count). The number of hydrogen-bond donors (Lipinski definition) is 8. The van der Waals surface area contributed by atoms with Crippen molar-refractivity contribution in [1.82, 2.24) is 0 Å². The third-order valence-electron chi connectivity index (χ3n) is 7.83. The summed E-state index contributed by atoms with van der Waals surface area (Å²) >= 11 is 0. The Morgan fingerprint density at radius 1 is 0.612 bits per heavy atom. The summed E-state index contributed by atoms with van der Waals surface area (Å²) in [7, 11) is 2.74. The van der Waals surface area contributed by atoms with Crippen LogP contribution in [0.3, 0.4) is 0 Å². The smallest absolute Gasteiger partial charge is 0.229 e. The molecule has 0 aromatic heterocycles. The number of ketones is 2. The lowest BCUT2D eigenvalue weighted by Gasteiger charge is -2.39. The second-order valence-electron chi connectivity index (χ2n) is 11.2. The maximum absolute atomic E-state index is 12.6.